The number of nitrogens with zero attached hydrogens (tertiary/aromatic N) is 1. The topological polar surface area (TPSA) is 59.6 Å². The van der Waals surface area contributed by atoms with Crippen LogP contribution in [0.5, 0.6) is 0 Å². The molecule has 74 valence electrons. The molecule has 14 heavy (non-hydrogen) atoms. The SMILES string of the molecule is O=S1(=O)C=C[C@H](N=Cc2ccoc2)C1. The van der Waals surface area contributed by atoms with E-state index in [1.807, 2.05) is 0 Å². The third-order valence-corrected chi connectivity index (χ3v) is 3.25. The zero-order chi connectivity index (χ0) is 10.0. The second kappa shape index (κ2) is 3.42. The molecule has 0 aromatic carbocycles. The number of aliphatic imine (C=N–C) groups is 1. The van der Waals surface area contributed by atoms with E-state index in [1.54, 1.807) is 30.9 Å². The first kappa shape index (κ1) is 9.21. The molecule has 1 aliphatic heterocycles. The number of rotatable bonds is 2. The average Bonchev–Trinajstić information content (AvgIpc) is 2.70. The third-order valence-electron chi connectivity index (χ3n) is 1.87. The molecule has 0 saturated heterocycles. The maximum Gasteiger partial charge on any atom is 0.173 e. The third kappa shape index (κ3) is 2.11. The molecular formula is C9H9NO3S. The molecule has 2 heterocycles. The van der Waals surface area contributed by atoms with Gasteiger partial charge in [0.25, 0.3) is 0 Å². The van der Waals surface area contributed by atoms with Gasteiger partial charge in [0.2, 0.25) is 0 Å². The van der Waals surface area contributed by atoms with Crippen LogP contribution in [0.2, 0.25) is 0 Å². The summed E-state index contributed by atoms with van der Waals surface area (Å²) in [7, 11) is -3.00. The lowest BCUT2D eigenvalue weighted by Gasteiger charge is -1.96. The first-order chi connectivity index (χ1) is 6.66. The Labute approximate surface area is 81.9 Å². The molecule has 1 aliphatic rings. The van der Waals surface area contributed by atoms with Gasteiger partial charge in [-0.2, -0.15) is 0 Å². The van der Waals surface area contributed by atoms with Crippen molar-refractivity contribution in [2.45, 2.75) is 6.04 Å². The Morgan fingerprint density at radius 1 is 1.57 bits per heavy atom. The minimum absolute atomic E-state index is 0.0708. The highest BCUT2D eigenvalue weighted by atomic mass is 32.2. The smallest absolute Gasteiger partial charge is 0.173 e. The van der Waals surface area contributed by atoms with Crippen LogP contribution in [0.15, 0.2) is 39.5 Å². The van der Waals surface area contributed by atoms with Crippen LogP contribution in [0.25, 0.3) is 0 Å². The summed E-state index contributed by atoms with van der Waals surface area (Å²) in [4.78, 5) is 4.11. The van der Waals surface area contributed by atoms with Gasteiger partial charge in [0.15, 0.2) is 9.84 Å². The quantitative estimate of drug-likeness (QED) is 0.686. The highest BCUT2D eigenvalue weighted by Gasteiger charge is 2.19. The molecule has 0 fully saturated rings. The van der Waals surface area contributed by atoms with Gasteiger partial charge in [-0.3, -0.25) is 4.99 Å². The molecule has 0 spiro atoms. The van der Waals surface area contributed by atoms with Crippen LogP contribution in [0.3, 0.4) is 0 Å². The van der Waals surface area contributed by atoms with Gasteiger partial charge in [-0.05, 0) is 12.1 Å². The van der Waals surface area contributed by atoms with Crippen molar-refractivity contribution in [3.63, 3.8) is 0 Å². The summed E-state index contributed by atoms with van der Waals surface area (Å²) in [5.41, 5.74) is 0.836. The van der Waals surface area contributed by atoms with E-state index < -0.39 is 9.84 Å². The minimum atomic E-state index is -3.00. The lowest BCUT2D eigenvalue weighted by Crippen LogP contribution is -2.08. The molecular weight excluding hydrogens is 202 g/mol. The Kier molecular flexibility index (Phi) is 2.25. The second-order valence-electron chi connectivity index (χ2n) is 3.06. The molecule has 0 N–H and O–H groups in total. The molecule has 5 heteroatoms. The van der Waals surface area contributed by atoms with E-state index in [4.69, 9.17) is 4.42 Å². The second-order valence-corrected chi connectivity index (χ2v) is 4.99. The van der Waals surface area contributed by atoms with Crippen molar-refractivity contribution in [3.8, 4) is 0 Å². The van der Waals surface area contributed by atoms with E-state index in [1.165, 1.54) is 5.41 Å². The van der Waals surface area contributed by atoms with E-state index in [0.29, 0.717) is 0 Å². The monoisotopic (exact) mass is 211 g/mol. The summed E-state index contributed by atoms with van der Waals surface area (Å²) in [6, 6.07) is 1.51. The molecule has 1 aromatic heterocycles. The number of hydrogen-bond acceptors (Lipinski definition) is 4. The molecule has 4 nitrogen and oxygen atoms in total. The Morgan fingerprint density at radius 3 is 3.00 bits per heavy atom. The maximum absolute atomic E-state index is 11.0. The van der Waals surface area contributed by atoms with Crippen molar-refractivity contribution in [2.75, 3.05) is 5.75 Å². The predicted molar refractivity (Wildman–Crippen MR) is 53.0 cm³/mol. The van der Waals surface area contributed by atoms with Crippen LogP contribution in [0.1, 0.15) is 5.56 Å². The van der Waals surface area contributed by atoms with Gasteiger partial charge in [0.05, 0.1) is 24.3 Å². The molecule has 0 aliphatic carbocycles. The summed E-state index contributed by atoms with van der Waals surface area (Å²) >= 11 is 0. The van der Waals surface area contributed by atoms with Crippen LogP contribution >= 0.6 is 0 Å². The van der Waals surface area contributed by atoms with Gasteiger partial charge in [-0.15, -0.1) is 0 Å². The first-order valence-corrected chi connectivity index (χ1v) is 5.84. The average molecular weight is 211 g/mol. The van der Waals surface area contributed by atoms with Crippen LogP contribution in [-0.4, -0.2) is 26.4 Å². The van der Waals surface area contributed by atoms with Crippen LogP contribution in [0.4, 0.5) is 0 Å². The fourth-order valence-electron chi connectivity index (χ4n) is 1.18. The van der Waals surface area contributed by atoms with Crippen molar-refractivity contribution in [1.29, 1.82) is 0 Å². The molecule has 2 rings (SSSR count). The van der Waals surface area contributed by atoms with Gasteiger partial charge in [-0.1, -0.05) is 0 Å². The minimum Gasteiger partial charge on any atom is -0.472 e. The highest BCUT2D eigenvalue weighted by Crippen LogP contribution is 2.11. The van der Waals surface area contributed by atoms with Crippen molar-refractivity contribution in [1.82, 2.24) is 0 Å². The summed E-state index contributed by atoms with van der Waals surface area (Å²) < 4.78 is 26.9. The lowest BCUT2D eigenvalue weighted by molar-refractivity contribution is 0.567. The summed E-state index contributed by atoms with van der Waals surface area (Å²) in [6.07, 6.45) is 6.30. The van der Waals surface area contributed by atoms with Crippen molar-refractivity contribution >= 4 is 16.1 Å². The molecule has 1 aromatic rings. The zero-order valence-electron chi connectivity index (χ0n) is 7.33. The molecule has 0 unspecified atom stereocenters. The van der Waals surface area contributed by atoms with E-state index in [9.17, 15) is 8.42 Å². The Balaban J connectivity index is 2.05. The lowest BCUT2D eigenvalue weighted by atomic mass is 10.3. The Hall–Kier alpha value is -1.36. The molecule has 1 atom stereocenters. The Bertz CT molecular complexity index is 456. The van der Waals surface area contributed by atoms with Crippen LogP contribution < -0.4 is 0 Å². The predicted octanol–water partition coefficient (Wildman–Crippen LogP) is 1.01. The van der Waals surface area contributed by atoms with E-state index in [0.717, 1.165) is 5.56 Å². The molecule has 0 saturated carbocycles. The largest absolute Gasteiger partial charge is 0.472 e. The van der Waals surface area contributed by atoms with Crippen molar-refractivity contribution < 1.29 is 12.8 Å². The van der Waals surface area contributed by atoms with Gasteiger partial charge < -0.3 is 4.42 Å². The summed E-state index contributed by atoms with van der Waals surface area (Å²) in [6.45, 7) is 0. The highest BCUT2D eigenvalue weighted by molar-refractivity contribution is 7.94. The van der Waals surface area contributed by atoms with E-state index >= 15 is 0 Å². The first-order valence-electron chi connectivity index (χ1n) is 4.12. The Morgan fingerprint density at radius 2 is 2.43 bits per heavy atom. The van der Waals surface area contributed by atoms with Crippen LogP contribution in [-0.2, 0) is 9.84 Å². The number of sulfone groups is 1. The van der Waals surface area contributed by atoms with Crippen LogP contribution in [0, 0.1) is 0 Å². The molecule has 0 radical (unpaired) electrons. The van der Waals surface area contributed by atoms with Gasteiger partial charge in [0, 0.05) is 17.2 Å². The van der Waals surface area contributed by atoms with Gasteiger partial charge in [0.1, 0.15) is 0 Å². The number of hydrogen-bond donors (Lipinski definition) is 0. The molecule has 0 bridgehead atoms. The molecule has 0 amide bonds. The van der Waals surface area contributed by atoms with Gasteiger partial charge >= 0.3 is 0 Å². The number of furan rings is 1. The summed E-state index contributed by atoms with van der Waals surface area (Å²) in [5.74, 6) is 0.0708. The fourth-order valence-corrected chi connectivity index (χ4v) is 2.39. The van der Waals surface area contributed by atoms with E-state index in [-0.39, 0.29) is 11.8 Å². The fraction of sp³-hybridized carbons (Fsp3) is 0.222. The maximum atomic E-state index is 11.0. The van der Waals surface area contributed by atoms with E-state index in [2.05, 4.69) is 4.99 Å². The standard InChI is InChI=1S/C9H9NO3S/c11-14(12)4-2-9(7-14)10-5-8-1-3-13-6-8/h1-6,9H,7H2/t9-/m0/s1. The van der Waals surface area contributed by atoms with Gasteiger partial charge in [-0.25, -0.2) is 8.42 Å². The zero-order valence-corrected chi connectivity index (χ0v) is 8.15. The summed E-state index contributed by atoms with van der Waals surface area (Å²) in [5, 5.41) is 1.21. The normalized spacial score (nSPS) is 24.7. The van der Waals surface area contributed by atoms with Crippen molar-refractivity contribution in [2.24, 2.45) is 4.99 Å². The van der Waals surface area contributed by atoms with Crippen molar-refractivity contribution in [3.05, 3.63) is 35.6 Å².